The van der Waals surface area contributed by atoms with Gasteiger partial charge in [0.2, 0.25) is 5.91 Å². The van der Waals surface area contributed by atoms with Gasteiger partial charge >= 0.3 is 6.18 Å². The molecule has 18 heavy (non-hydrogen) atoms. The molecule has 1 N–H and O–H groups in total. The summed E-state index contributed by atoms with van der Waals surface area (Å²) in [6, 6.07) is 0. The Morgan fingerprint density at radius 2 is 2.06 bits per heavy atom. The quantitative estimate of drug-likeness (QED) is 0.822. The lowest BCUT2D eigenvalue weighted by Crippen LogP contribution is -2.34. The average molecular weight is 267 g/mol. The molecule has 0 radical (unpaired) electrons. The lowest BCUT2D eigenvalue weighted by molar-refractivity contribution is -0.177. The van der Waals surface area contributed by atoms with Crippen LogP contribution in [0.2, 0.25) is 0 Å². The van der Waals surface area contributed by atoms with E-state index in [2.05, 4.69) is 4.74 Å². The van der Waals surface area contributed by atoms with E-state index in [0.29, 0.717) is 13.1 Å². The second kappa shape index (κ2) is 5.05. The van der Waals surface area contributed by atoms with Crippen molar-refractivity contribution >= 4 is 5.91 Å². The Morgan fingerprint density at radius 1 is 1.33 bits per heavy atom. The number of carbonyl (C=O) groups excluding carboxylic acids is 1. The van der Waals surface area contributed by atoms with Gasteiger partial charge in [0.1, 0.15) is 13.2 Å². The molecule has 7 heteroatoms. The summed E-state index contributed by atoms with van der Waals surface area (Å²) >= 11 is 0. The molecule has 1 amide bonds. The van der Waals surface area contributed by atoms with Crippen molar-refractivity contribution in [2.75, 3.05) is 26.3 Å². The predicted molar refractivity (Wildman–Crippen MR) is 55.7 cm³/mol. The number of hydrogen-bond acceptors (Lipinski definition) is 3. The van der Waals surface area contributed by atoms with Gasteiger partial charge in [-0.1, -0.05) is 0 Å². The highest BCUT2D eigenvalue weighted by atomic mass is 19.4. The molecule has 1 heterocycles. The monoisotopic (exact) mass is 267 g/mol. The molecular formula is C11H16F3NO3. The minimum atomic E-state index is -4.40. The van der Waals surface area contributed by atoms with Crippen molar-refractivity contribution in [3.05, 3.63) is 0 Å². The highest BCUT2D eigenvalue weighted by Gasteiger charge is 2.43. The van der Waals surface area contributed by atoms with E-state index in [0.717, 1.165) is 12.8 Å². The number of aliphatic hydroxyl groups excluding tert-OH is 1. The van der Waals surface area contributed by atoms with E-state index in [-0.39, 0.29) is 17.9 Å². The van der Waals surface area contributed by atoms with Gasteiger partial charge in [-0.2, -0.15) is 13.2 Å². The maximum absolute atomic E-state index is 11.8. The topological polar surface area (TPSA) is 49.8 Å². The Labute approximate surface area is 103 Å². The van der Waals surface area contributed by atoms with Crippen molar-refractivity contribution in [1.82, 2.24) is 4.90 Å². The zero-order chi connectivity index (χ0) is 13.3. The first-order valence-corrected chi connectivity index (χ1v) is 5.97. The van der Waals surface area contributed by atoms with Gasteiger partial charge in [-0.15, -0.1) is 0 Å². The minimum Gasteiger partial charge on any atom is -0.393 e. The van der Waals surface area contributed by atoms with E-state index >= 15 is 0 Å². The van der Waals surface area contributed by atoms with Crippen molar-refractivity contribution in [3.8, 4) is 0 Å². The Kier molecular flexibility index (Phi) is 3.82. The first-order valence-electron chi connectivity index (χ1n) is 5.97. The van der Waals surface area contributed by atoms with Crippen LogP contribution in [0.1, 0.15) is 12.8 Å². The molecule has 1 saturated heterocycles. The molecule has 0 aromatic carbocycles. The Balaban J connectivity index is 1.75. The number of aliphatic hydroxyl groups is 1. The molecule has 1 aliphatic heterocycles. The second-order valence-electron chi connectivity index (χ2n) is 4.98. The SMILES string of the molecule is O=C(COCC(F)(F)F)N1CC2CCC(O)C2C1. The van der Waals surface area contributed by atoms with Crippen molar-refractivity contribution in [2.45, 2.75) is 25.1 Å². The third-order valence-corrected chi connectivity index (χ3v) is 3.66. The van der Waals surface area contributed by atoms with Crippen LogP contribution in [-0.2, 0) is 9.53 Å². The molecule has 2 aliphatic rings. The maximum Gasteiger partial charge on any atom is 0.411 e. The zero-order valence-corrected chi connectivity index (χ0v) is 9.82. The highest BCUT2D eigenvalue weighted by molar-refractivity contribution is 5.77. The maximum atomic E-state index is 11.8. The van der Waals surface area contributed by atoms with Crippen LogP contribution in [0.4, 0.5) is 13.2 Å². The summed E-state index contributed by atoms with van der Waals surface area (Å²) < 4.78 is 39.9. The molecule has 104 valence electrons. The number of likely N-dealkylation sites (tertiary alicyclic amines) is 1. The number of rotatable bonds is 3. The number of carbonyl (C=O) groups is 1. The van der Waals surface area contributed by atoms with Crippen molar-refractivity contribution in [2.24, 2.45) is 11.8 Å². The van der Waals surface area contributed by atoms with Crippen LogP contribution in [-0.4, -0.2) is 54.5 Å². The third-order valence-electron chi connectivity index (χ3n) is 3.66. The summed E-state index contributed by atoms with van der Waals surface area (Å²) in [7, 11) is 0. The van der Waals surface area contributed by atoms with Crippen molar-refractivity contribution in [3.63, 3.8) is 0 Å². The molecule has 3 atom stereocenters. The normalized spacial score (nSPS) is 31.8. The summed E-state index contributed by atoms with van der Waals surface area (Å²) in [4.78, 5) is 13.1. The van der Waals surface area contributed by atoms with Gasteiger partial charge in [0, 0.05) is 19.0 Å². The van der Waals surface area contributed by atoms with Gasteiger partial charge in [0.25, 0.3) is 0 Å². The van der Waals surface area contributed by atoms with E-state index in [1.807, 2.05) is 0 Å². The molecule has 4 nitrogen and oxygen atoms in total. The first kappa shape index (κ1) is 13.6. The number of amides is 1. The molecule has 1 saturated carbocycles. The average Bonchev–Trinajstić information content (AvgIpc) is 2.79. The highest BCUT2D eigenvalue weighted by Crippen LogP contribution is 2.38. The smallest absolute Gasteiger partial charge is 0.393 e. The Hall–Kier alpha value is -0.820. The van der Waals surface area contributed by atoms with E-state index in [1.54, 1.807) is 0 Å². The third kappa shape index (κ3) is 3.14. The standard InChI is InChI=1S/C11H16F3NO3/c12-11(13,14)6-18-5-10(17)15-3-7-1-2-9(16)8(7)4-15/h7-9,16H,1-6H2. The van der Waals surface area contributed by atoms with Gasteiger partial charge in [0.05, 0.1) is 6.10 Å². The molecule has 3 unspecified atom stereocenters. The summed E-state index contributed by atoms with van der Waals surface area (Å²) in [6.45, 7) is -0.993. The van der Waals surface area contributed by atoms with Gasteiger partial charge in [-0.05, 0) is 18.8 Å². The van der Waals surface area contributed by atoms with Crippen molar-refractivity contribution < 1.29 is 27.8 Å². The second-order valence-corrected chi connectivity index (χ2v) is 4.98. The van der Waals surface area contributed by atoms with Crippen LogP contribution in [0.15, 0.2) is 0 Å². The van der Waals surface area contributed by atoms with Crippen LogP contribution in [0.3, 0.4) is 0 Å². The van der Waals surface area contributed by atoms with E-state index in [1.165, 1.54) is 4.90 Å². The number of alkyl halides is 3. The fraction of sp³-hybridized carbons (Fsp3) is 0.909. The number of hydrogen-bond donors (Lipinski definition) is 1. The number of halogens is 3. The van der Waals surface area contributed by atoms with Crippen LogP contribution in [0.25, 0.3) is 0 Å². The van der Waals surface area contributed by atoms with Crippen LogP contribution >= 0.6 is 0 Å². The number of fused-ring (bicyclic) bond motifs is 1. The number of ether oxygens (including phenoxy) is 1. The summed E-state index contributed by atoms with van der Waals surface area (Å²) in [5.74, 6) is -0.0658. The summed E-state index contributed by atoms with van der Waals surface area (Å²) in [6.07, 6.45) is -3.16. The Bertz CT molecular complexity index is 321. The fourth-order valence-corrected chi connectivity index (χ4v) is 2.79. The fourth-order valence-electron chi connectivity index (χ4n) is 2.79. The predicted octanol–water partition coefficient (Wildman–Crippen LogP) is 0.795. The number of nitrogens with zero attached hydrogens (tertiary/aromatic N) is 1. The van der Waals surface area contributed by atoms with Crippen LogP contribution in [0, 0.1) is 11.8 Å². The van der Waals surface area contributed by atoms with Gasteiger partial charge in [-0.25, -0.2) is 0 Å². The van der Waals surface area contributed by atoms with Crippen LogP contribution < -0.4 is 0 Å². The molecule has 0 spiro atoms. The molecule has 2 rings (SSSR count). The molecular weight excluding hydrogens is 251 g/mol. The Morgan fingerprint density at radius 3 is 2.67 bits per heavy atom. The van der Waals surface area contributed by atoms with E-state index in [4.69, 9.17) is 0 Å². The molecule has 0 aromatic heterocycles. The molecule has 0 bridgehead atoms. The summed E-state index contributed by atoms with van der Waals surface area (Å²) in [5.41, 5.74) is 0. The molecule has 2 fully saturated rings. The first-order chi connectivity index (χ1) is 8.37. The van der Waals surface area contributed by atoms with Gasteiger partial charge in [-0.3, -0.25) is 4.79 Å². The van der Waals surface area contributed by atoms with Crippen LogP contribution in [0.5, 0.6) is 0 Å². The lowest BCUT2D eigenvalue weighted by atomic mass is 10.00. The minimum absolute atomic E-state index is 0.0802. The van der Waals surface area contributed by atoms with Gasteiger partial charge < -0.3 is 14.7 Å². The largest absolute Gasteiger partial charge is 0.411 e. The summed E-state index contributed by atoms with van der Waals surface area (Å²) in [5, 5.41) is 9.66. The van der Waals surface area contributed by atoms with Crippen molar-refractivity contribution in [1.29, 1.82) is 0 Å². The van der Waals surface area contributed by atoms with E-state index < -0.39 is 25.3 Å². The van der Waals surface area contributed by atoms with Gasteiger partial charge in [0.15, 0.2) is 0 Å². The molecule has 1 aliphatic carbocycles. The molecule has 0 aromatic rings. The zero-order valence-electron chi connectivity index (χ0n) is 9.82. The lowest BCUT2D eigenvalue weighted by Gasteiger charge is -2.18. The van der Waals surface area contributed by atoms with E-state index in [9.17, 15) is 23.1 Å².